The van der Waals surface area contributed by atoms with Crippen molar-refractivity contribution in [1.82, 2.24) is 0 Å². The van der Waals surface area contributed by atoms with Crippen molar-refractivity contribution < 1.29 is 48.2 Å². The highest BCUT2D eigenvalue weighted by Crippen LogP contribution is 2.35. The van der Waals surface area contributed by atoms with E-state index in [0.717, 1.165) is 0 Å². The molecule has 1 heterocycles. The maximum absolute atomic E-state index is 11.3. The lowest BCUT2D eigenvalue weighted by atomic mass is 10.1. The Morgan fingerprint density at radius 1 is 0.889 bits per heavy atom. The highest BCUT2D eigenvalue weighted by Gasteiger charge is 2.39. The summed E-state index contributed by atoms with van der Waals surface area (Å²) in [6, 6.07) is 4.87. The summed E-state index contributed by atoms with van der Waals surface area (Å²) in [6.45, 7) is 7.30. The van der Waals surface area contributed by atoms with Gasteiger partial charge in [-0.05, 0) is 19.1 Å². The number of methoxy groups -OCH3 is 1. The van der Waals surface area contributed by atoms with Crippen LogP contribution in [-0.2, 0) is 33.2 Å². The number of rotatable bonds is 21. The van der Waals surface area contributed by atoms with Crippen molar-refractivity contribution in [1.29, 1.82) is 0 Å². The van der Waals surface area contributed by atoms with Gasteiger partial charge in [0.05, 0.1) is 72.7 Å². The van der Waals surface area contributed by atoms with Crippen molar-refractivity contribution in [3.8, 4) is 11.5 Å². The van der Waals surface area contributed by atoms with Crippen LogP contribution in [0.4, 0.5) is 0 Å². The summed E-state index contributed by atoms with van der Waals surface area (Å²) < 4.78 is 37.5. The third-order valence-electron chi connectivity index (χ3n) is 4.91. The minimum Gasteiger partial charge on any atom is -0.507 e. The number of thioether (sulfide) groups is 1. The lowest BCUT2D eigenvalue weighted by Crippen LogP contribution is -2.33. The Bertz CT molecular complexity index is 809. The van der Waals surface area contributed by atoms with Crippen LogP contribution in [0, 0.1) is 0 Å². The Balaban J connectivity index is 1.44. The van der Waals surface area contributed by atoms with E-state index in [1.165, 1.54) is 17.8 Å². The molecule has 36 heavy (non-hydrogen) atoms. The van der Waals surface area contributed by atoms with Crippen molar-refractivity contribution in [3.63, 3.8) is 0 Å². The van der Waals surface area contributed by atoms with E-state index in [2.05, 4.69) is 4.99 Å². The minimum atomic E-state index is -1.18. The molecular weight excluding hydrogens is 494 g/mol. The van der Waals surface area contributed by atoms with Gasteiger partial charge in [0.1, 0.15) is 23.1 Å². The summed E-state index contributed by atoms with van der Waals surface area (Å²) in [6.07, 6.45) is 0. The number of aliphatic carboxylic acids is 1. The first-order valence-electron chi connectivity index (χ1n) is 11.8. The topological polar surface area (TPSA) is 135 Å². The average molecular weight is 532 g/mol. The Labute approximate surface area is 216 Å². The van der Waals surface area contributed by atoms with Gasteiger partial charge < -0.3 is 43.4 Å². The van der Waals surface area contributed by atoms with E-state index in [-0.39, 0.29) is 5.75 Å². The van der Waals surface area contributed by atoms with Crippen LogP contribution in [0.25, 0.3) is 0 Å². The predicted octanol–water partition coefficient (Wildman–Crippen LogP) is 1.84. The van der Waals surface area contributed by atoms with Crippen LogP contribution in [0.5, 0.6) is 11.5 Å². The molecule has 11 nitrogen and oxygen atoms in total. The number of phenols is 1. The van der Waals surface area contributed by atoms with Crippen molar-refractivity contribution in [2.24, 2.45) is 4.99 Å². The quantitative estimate of drug-likeness (QED) is 0.225. The van der Waals surface area contributed by atoms with E-state index in [1.54, 1.807) is 26.2 Å². The molecule has 12 heteroatoms. The number of aromatic hydroxyl groups is 1. The van der Waals surface area contributed by atoms with E-state index < -0.39 is 11.5 Å². The highest BCUT2D eigenvalue weighted by molar-refractivity contribution is 8.14. The number of nitrogens with zero attached hydrogens (tertiary/aromatic N) is 1. The molecule has 2 rings (SSSR count). The standard InChI is InChI=1S/C24H37NO10S/c1-24(23(27)28)18-36-22(25-24)20-4-3-19(17-21(20)26)35-16-15-34-14-13-33-12-11-32-10-9-31-8-7-30-6-5-29-2/h3-4,17,26H,5-16,18H2,1-2H3,(H,27,28). The maximum atomic E-state index is 11.3. The lowest BCUT2D eigenvalue weighted by Gasteiger charge is -2.12. The fraction of sp³-hybridized carbons (Fsp3) is 0.667. The molecule has 0 saturated carbocycles. The average Bonchev–Trinajstić information content (AvgIpc) is 3.26. The van der Waals surface area contributed by atoms with Crippen LogP contribution in [0.15, 0.2) is 23.2 Å². The SMILES string of the molecule is COCCOCCOCCOCCOCCOCCOc1ccc(C2=NC(C)(C(=O)O)CS2)c(O)c1. The normalized spacial score (nSPS) is 17.3. The first kappa shape index (κ1) is 30.3. The van der Waals surface area contributed by atoms with Gasteiger partial charge in [-0.1, -0.05) is 0 Å². The molecule has 0 fully saturated rings. The van der Waals surface area contributed by atoms with Crippen LogP contribution < -0.4 is 4.74 Å². The molecule has 1 atom stereocenters. The number of ether oxygens (including phenoxy) is 7. The van der Waals surface area contributed by atoms with E-state index in [4.69, 9.17) is 33.2 Å². The molecule has 0 aromatic heterocycles. The molecular formula is C24H37NO10S. The summed E-state index contributed by atoms with van der Waals surface area (Å²) in [5.74, 6) is -0.185. The Morgan fingerprint density at radius 3 is 1.83 bits per heavy atom. The number of carboxylic acid groups (broad SMARTS) is 1. The zero-order valence-electron chi connectivity index (χ0n) is 20.9. The van der Waals surface area contributed by atoms with Gasteiger partial charge in [0, 0.05) is 24.5 Å². The first-order chi connectivity index (χ1) is 17.5. The van der Waals surface area contributed by atoms with Gasteiger partial charge in [0.25, 0.3) is 0 Å². The smallest absolute Gasteiger partial charge is 0.332 e. The molecule has 1 unspecified atom stereocenters. The lowest BCUT2D eigenvalue weighted by molar-refractivity contribution is -0.141. The number of benzene rings is 1. The van der Waals surface area contributed by atoms with Crippen LogP contribution >= 0.6 is 11.8 Å². The Morgan fingerprint density at radius 2 is 1.39 bits per heavy atom. The van der Waals surface area contributed by atoms with Gasteiger partial charge in [0.15, 0.2) is 5.54 Å². The summed E-state index contributed by atoms with van der Waals surface area (Å²) >= 11 is 1.31. The fourth-order valence-corrected chi connectivity index (χ4v) is 4.07. The highest BCUT2D eigenvalue weighted by atomic mass is 32.2. The van der Waals surface area contributed by atoms with Crippen molar-refractivity contribution in [3.05, 3.63) is 23.8 Å². The summed E-state index contributed by atoms with van der Waals surface area (Å²) in [7, 11) is 1.63. The first-order valence-corrected chi connectivity index (χ1v) is 12.7. The maximum Gasteiger partial charge on any atom is 0.332 e. The largest absolute Gasteiger partial charge is 0.507 e. The zero-order valence-corrected chi connectivity index (χ0v) is 21.8. The Hall–Kier alpha value is -1.93. The number of phenolic OH excluding ortho intramolecular Hbond substituents is 1. The molecule has 0 saturated heterocycles. The van der Waals surface area contributed by atoms with Crippen LogP contribution in [0.1, 0.15) is 12.5 Å². The third-order valence-corrected chi connectivity index (χ3v) is 6.21. The monoisotopic (exact) mass is 531 g/mol. The van der Waals surface area contributed by atoms with E-state index >= 15 is 0 Å². The number of hydrogen-bond acceptors (Lipinski definition) is 11. The third kappa shape index (κ3) is 11.4. The molecule has 0 aliphatic carbocycles. The van der Waals surface area contributed by atoms with Crippen molar-refractivity contribution >= 4 is 22.8 Å². The fourth-order valence-electron chi connectivity index (χ4n) is 2.87. The predicted molar refractivity (Wildman–Crippen MR) is 135 cm³/mol. The van der Waals surface area contributed by atoms with Gasteiger partial charge in [0.2, 0.25) is 0 Å². The minimum absolute atomic E-state index is 0.0107. The van der Waals surface area contributed by atoms with Crippen molar-refractivity contribution in [2.45, 2.75) is 12.5 Å². The summed E-state index contributed by atoms with van der Waals surface area (Å²) in [5, 5.41) is 20.1. The van der Waals surface area contributed by atoms with Gasteiger partial charge in [-0.3, -0.25) is 4.99 Å². The van der Waals surface area contributed by atoms with Gasteiger partial charge in [-0.2, -0.15) is 0 Å². The van der Waals surface area contributed by atoms with Gasteiger partial charge in [-0.25, -0.2) is 4.79 Å². The van der Waals surface area contributed by atoms with Gasteiger partial charge >= 0.3 is 5.97 Å². The molecule has 1 aromatic rings. The molecule has 1 aliphatic rings. The second-order valence-corrected chi connectivity index (χ2v) is 8.83. The Kier molecular flexibility index (Phi) is 14.7. The van der Waals surface area contributed by atoms with Crippen LogP contribution in [0.2, 0.25) is 0 Å². The van der Waals surface area contributed by atoms with Crippen molar-refractivity contribution in [2.75, 3.05) is 92.1 Å². The van der Waals surface area contributed by atoms with Crippen LogP contribution in [0.3, 0.4) is 0 Å². The molecule has 1 aromatic carbocycles. The van der Waals surface area contributed by atoms with E-state index in [1.807, 2.05) is 0 Å². The van der Waals surface area contributed by atoms with E-state index in [0.29, 0.717) is 101 Å². The molecule has 0 radical (unpaired) electrons. The van der Waals surface area contributed by atoms with E-state index in [9.17, 15) is 15.0 Å². The zero-order chi connectivity index (χ0) is 26.1. The summed E-state index contributed by atoms with van der Waals surface area (Å²) in [4.78, 5) is 15.6. The molecule has 1 aliphatic heterocycles. The molecule has 0 bridgehead atoms. The molecule has 204 valence electrons. The van der Waals surface area contributed by atoms with Crippen LogP contribution in [-0.4, -0.2) is 119 Å². The number of aliphatic imine (C=N–C) groups is 1. The summed E-state index contributed by atoms with van der Waals surface area (Å²) in [5.41, 5.74) is -0.685. The van der Waals surface area contributed by atoms with Gasteiger partial charge in [-0.15, -0.1) is 11.8 Å². The second-order valence-electron chi connectivity index (χ2n) is 7.87. The number of carboxylic acids is 1. The number of hydrogen-bond donors (Lipinski definition) is 2. The molecule has 2 N–H and O–H groups in total. The number of carbonyl (C=O) groups is 1. The molecule has 0 spiro atoms. The second kappa shape index (κ2) is 17.5. The molecule has 0 amide bonds.